The summed E-state index contributed by atoms with van der Waals surface area (Å²) in [5.74, 6) is 5.36. The summed E-state index contributed by atoms with van der Waals surface area (Å²) < 4.78 is 40.1. The van der Waals surface area contributed by atoms with E-state index in [1.54, 1.807) is 0 Å². The number of pyridine rings is 1. The third-order valence-corrected chi connectivity index (χ3v) is 1.55. The molecule has 2 nitrogen and oxygen atoms in total. The fourth-order valence-corrected chi connectivity index (χ4v) is 0.934. The van der Waals surface area contributed by atoms with Crippen molar-refractivity contribution in [3.05, 3.63) is 24.0 Å². The summed E-state index contributed by atoms with van der Waals surface area (Å²) in [5, 5.41) is 0. The van der Waals surface area contributed by atoms with Crippen LogP contribution in [-0.4, -0.2) is 23.6 Å². The summed E-state index contributed by atoms with van der Waals surface area (Å²) >= 11 is 5.34. The topological polar surface area (TPSA) is 22.1 Å². The van der Waals surface area contributed by atoms with Crippen LogP contribution in [0.5, 0.6) is 5.75 Å². The van der Waals surface area contributed by atoms with Crippen LogP contribution in [0, 0.1) is 11.8 Å². The quantitative estimate of drug-likeness (QED) is 0.594. The summed E-state index contributed by atoms with van der Waals surface area (Å²) in [6.07, 6.45) is -1.75. The Kier molecular flexibility index (Phi) is 4.44. The monoisotopic (exact) mass is 249 g/mol. The van der Waals surface area contributed by atoms with Crippen LogP contribution in [0.1, 0.15) is 5.56 Å². The maximum Gasteiger partial charge on any atom is 0.422 e. The third-order valence-electron chi connectivity index (χ3n) is 1.42. The SMILES string of the molecule is FC(F)(F)COc1cncc(C#CCCl)c1. The zero-order valence-corrected chi connectivity index (χ0v) is 8.77. The van der Waals surface area contributed by atoms with E-state index in [2.05, 4.69) is 21.6 Å². The molecule has 0 aromatic carbocycles. The standard InChI is InChI=1S/C10H7ClF3NO/c11-3-1-2-8-4-9(6-15-5-8)16-7-10(12,13)14/h4-6H,3,7H2. The van der Waals surface area contributed by atoms with Crippen molar-refractivity contribution < 1.29 is 17.9 Å². The van der Waals surface area contributed by atoms with Crippen molar-refractivity contribution in [1.29, 1.82) is 0 Å². The lowest BCUT2D eigenvalue weighted by atomic mass is 10.3. The molecule has 1 heterocycles. The second-order valence-corrected chi connectivity index (χ2v) is 3.02. The Morgan fingerprint density at radius 3 is 2.75 bits per heavy atom. The fourth-order valence-electron chi connectivity index (χ4n) is 0.867. The van der Waals surface area contributed by atoms with Crippen LogP contribution >= 0.6 is 11.6 Å². The van der Waals surface area contributed by atoms with Gasteiger partial charge >= 0.3 is 6.18 Å². The normalized spacial score (nSPS) is 10.5. The van der Waals surface area contributed by atoms with Crippen LogP contribution in [-0.2, 0) is 0 Å². The van der Waals surface area contributed by atoms with E-state index in [1.807, 2.05) is 0 Å². The van der Waals surface area contributed by atoms with Gasteiger partial charge in [0.15, 0.2) is 6.61 Å². The van der Waals surface area contributed by atoms with Gasteiger partial charge in [0.2, 0.25) is 0 Å². The van der Waals surface area contributed by atoms with E-state index in [0.717, 1.165) is 0 Å². The number of hydrogen-bond acceptors (Lipinski definition) is 2. The molecule has 0 atom stereocenters. The van der Waals surface area contributed by atoms with Crippen molar-refractivity contribution in [3.8, 4) is 17.6 Å². The molecule has 6 heteroatoms. The van der Waals surface area contributed by atoms with Gasteiger partial charge in [-0.15, -0.1) is 11.6 Å². The maximum absolute atomic E-state index is 11.9. The number of ether oxygens (including phenoxy) is 1. The number of halogens is 4. The molecular formula is C10H7ClF3NO. The average Bonchev–Trinajstić information content (AvgIpc) is 2.23. The predicted molar refractivity (Wildman–Crippen MR) is 53.4 cm³/mol. The van der Waals surface area contributed by atoms with E-state index in [-0.39, 0.29) is 11.6 Å². The van der Waals surface area contributed by atoms with Crippen LogP contribution in [0.2, 0.25) is 0 Å². The van der Waals surface area contributed by atoms with Gasteiger partial charge in [-0.25, -0.2) is 0 Å². The molecule has 0 spiro atoms. The van der Waals surface area contributed by atoms with Gasteiger partial charge in [0.05, 0.1) is 12.1 Å². The third kappa shape index (κ3) is 4.89. The van der Waals surface area contributed by atoms with Gasteiger partial charge in [-0.3, -0.25) is 4.98 Å². The molecule has 0 bridgehead atoms. The molecule has 0 amide bonds. The van der Waals surface area contributed by atoms with Crippen LogP contribution in [0.3, 0.4) is 0 Å². The van der Waals surface area contributed by atoms with Gasteiger partial charge in [0, 0.05) is 11.8 Å². The van der Waals surface area contributed by atoms with E-state index >= 15 is 0 Å². The Morgan fingerprint density at radius 1 is 1.38 bits per heavy atom. The summed E-state index contributed by atoms with van der Waals surface area (Å²) in [4.78, 5) is 3.70. The first-order chi connectivity index (χ1) is 7.51. The second kappa shape index (κ2) is 5.61. The van der Waals surface area contributed by atoms with Gasteiger partial charge in [-0.05, 0) is 6.07 Å². The van der Waals surface area contributed by atoms with Crippen LogP contribution < -0.4 is 4.74 Å². The van der Waals surface area contributed by atoms with E-state index in [4.69, 9.17) is 11.6 Å². The molecule has 0 aliphatic heterocycles. The van der Waals surface area contributed by atoms with Crippen molar-refractivity contribution >= 4 is 11.6 Å². The van der Waals surface area contributed by atoms with E-state index in [1.165, 1.54) is 18.5 Å². The highest BCUT2D eigenvalue weighted by Gasteiger charge is 2.28. The maximum atomic E-state index is 11.9. The molecule has 0 saturated carbocycles. The largest absolute Gasteiger partial charge is 0.482 e. The highest BCUT2D eigenvalue weighted by atomic mass is 35.5. The fraction of sp³-hybridized carbons (Fsp3) is 0.300. The summed E-state index contributed by atoms with van der Waals surface area (Å²) in [6, 6.07) is 1.37. The molecule has 0 unspecified atom stereocenters. The summed E-state index contributed by atoms with van der Waals surface area (Å²) in [7, 11) is 0. The zero-order valence-electron chi connectivity index (χ0n) is 8.01. The Labute approximate surface area is 95.4 Å². The summed E-state index contributed by atoms with van der Waals surface area (Å²) in [6.45, 7) is -1.35. The zero-order chi connectivity index (χ0) is 12.0. The molecule has 0 fully saturated rings. The highest BCUT2D eigenvalue weighted by molar-refractivity contribution is 6.19. The lowest BCUT2D eigenvalue weighted by Crippen LogP contribution is -2.19. The minimum absolute atomic E-state index is 0.0266. The van der Waals surface area contributed by atoms with Crippen molar-refractivity contribution in [2.45, 2.75) is 6.18 Å². The highest BCUT2D eigenvalue weighted by Crippen LogP contribution is 2.18. The molecular weight excluding hydrogens is 243 g/mol. The minimum atomic E-state index is -4.36. The first-order valence-corrected chi connectivity index (χ1v) is 4.74. The van der Waals surface area contributed by atoms with Crippen molar-refractivity contribution in [3.63, 3.8) is 0 Å². The van der Waals surface area contributed by atoms with Crippen LogP contribution in [0.25, 0.3) is 0 Å². The Balaban J connectivity index is 2.68. The number of rotatable bonds is 2. The Hall–Kier alpha value is -1.41. The van der Waals surface area contributed by atoms with Crippen LogP contribution in [0.15, 0.2) is 18.5 Å². The van der Waals surface area contributed by atoms with Gasteiger partial charge in [0.25, 0.3) is 0 Å². The molecule has 0 aliphatic carbocycles. The molecule has 1 rings (SSSR count). The Morgan fingerprint density at radius 2 is 2.12 bits per heavy atom. The number of hydrogen-bond donors (Lipinski definition) is 0. The lowest BCUT2D eigenvalue weighted by Gasteiger charge is -2.08. The molecule has 86 valence electrons. The van der Waals surface area contributed by atoms with E-state index in [9.17, 15) is 13.2 Å². The second-order valence-electron chi connectivity index (χ2n) is 2.75. The average molecular weight is 250 g/mol. The lowest BCUT2D eigenvalue weighted by molar-refractivity contribution is -0.153. The minimum Gasteiger partial charge on any atom is -0.482 e. The molecule has 1 aromatic rings. The number of nitrogens with zero attached hydrogens (tertiary/aromatic N) is 1. The van der Waals surface area contributed by atoms with Gasteiger partial charge in [0.1, 0.15) is 5.75 Å². The molecule has 0 radical (unpaired) electrons. The number of aromatic nitrogens is 1. The molecule has 0 N–H and O–H groups in total. The smallest absolute Gasteiger partial charge is 0.422 e. The van der Waals surface area contributed by atoms with Crippen molar-refractivity contribution in [2.75, 3.05) is 12.5 Å². The predicted octanol–water partition coefficient (Wildman–Crippen LogP) is 2.61. The molecule has 16 heavy (non-hydrogen) atoms. The molecule has 1 aromatic heterocycles. The molecule has 0 saturated heterocycles. The van der Waals surface area contributed by atoms with Crippen LogP contribution in [0.4, 0.5) is 13.2 Å². The first-order valence-electron chi connectivity index (χ1n) is 4.21. The first kappa shape index (κ1) is 12.7. The Bertz CT molecular complexity index is 409. The van der Waals surface area contributed by atoms with Gasteiger partial charge in [-0.2, -0.15) is 13.2 Å². The van der Waals surface area contributed by atoms with Gasteiger partial charge in [-0.1, -0.05) is 11.8 Å². The number of alkyl halides is 4. The van der Waals surface area contributed by atoms with Crippen molar-refractivity contribution in [1.82, 2.24) is 4.98 Å². The van der Waals surface area contributed by atoms with E-state index < -0.39 is 12.8 Å². The molecule has 0 aliphatic rings. The summed E-state index contributed by atoms with van der Waals surface area (Å²) in [5.41, 5.74) is 0.459. The van der Waals surface area contributed by atoms with E-state index in [0.29, 0.717) is 5.56 Å². The van der Waals surface area contributed by atoms with Crippen molar-refractivity contribution in [2.24, 2.45) is 0 Å². The van der Waals surface area contributed by atoms with Gasteiger partial charge < -0.3 is 4.74 Å².